The average molecular weight is 222 g/mol. The molecule has 4 nitrogen and oxygen atoms in total. The topological polar surface area (TPSA) is 55.2 Å². The van der Waals surface area contributed by atoms with Crippen molar-refractivity contribution in [2.45, 2.75) is 44.1 Å². The Labute approximate surface area is 95.7 Å². The molecule has 88 valence electrons. The molecule has 0 amide bonds. The Balaban J connectivity index is 2.32. The van der Waals surface area contributed by atoms with Crippen molar-refractivity contribution in [3.63, 3.8) is 0 Å². The number of rotatable bonds is 2. The second-order valence-corrected chi connectivity index (χ2v) is 4.36. The van der Waals surface area contributed by atoms with E-state index in [1.54, 1.807) is 19.5 Å². The summed E-state index contributed by atoms with van der Waals surface area (Å²) >= 11 is 0. The molecule has 1 aliphatic rings. The third kappa shape index (κ3) is 2.16. The lowest BCUT2D eigenvalue weighted by Gasteiger charge is -2.26. The highest BCUT2D eigenvalue weighted by molar-refractivity contribution is 5.24. The average Bonchev–Trinajstić information content (AvgIpc) is 2.55. The molecule has 0 saturated heterocycles. The molecule has 16 heavy (non-hydrogen) atoms. The molecular formula is C12H18N2O2. The lowest BCUT2D eigenvalue weighted by atomic mass is 9.91. The van der Waals surface area contributed by atoms with Crippen LogP contribution in [0.3, 0.4) is 0 Å². The third-order valence-electron chi connectivity index (χ3n) is 3.23. The molecule has 0 aliphatic heterocycles. The monoisotopic (exact) mass is 222 g/mol. The zero-order valence-electron chi connectivity index (χ0n) is 9.65. The first-order chi connectivity index (χ1) is 7.76. The predicted octanol–water partition coefficient (Wildman–Crippen LogP) is 2.03. The quantitative estimate of drug-likeness (QED) is 0.778. The maximum absolute atomic E-state index is 10.7. The van der Waals surface area contributed by atoms with Crippen LogP contribution in [0.15, 0.2) is 12.4 Å². The van der Waals surface area contributed by atoms with Crippen molar-refractivity contribution in [2.24, 2.45) is 0 Å². The highest BCUT2D eigenvalue weighted by atomic mass is 16.5. The first kappa shape index (κ1) is 11.3. The van der Waals surface area contributed by atoms with E-state index in [1.165, 1.54) is 12.8 Å². The highest BCUT2D eigenvalue weighted by Gasteiger charge is 2.34. The van der Waals surface area contributed by atoms with E-state index in [2.05, 4.69) is 9.97 Å². The maximum atomic E-state index is 10.7. The zero-order chi connectivity index (χ0) is 11.4. The van der Waals surface area contributed by atoms with Crippen LogP contribution in [0, 0.1) is 0 Å². The molecular weight excluding hydrogens is 204 g/mol. The molecule has 0 atom stereocenters. The molecule has 1 fully saturated rings. The molecule has 1 saturated carbocycles. The lowest BCUT2D eigenvalue weighted by molar-refractivity contribution is 0.0134. The van der Waals surface area contributed by atoms with E-state index in [1.807, 2.05) is 0 Å². The van der Waals surface area contributed by atoms with E-state index >= 15 is 0 Å². The minimum absolute atomic E-state index is 0.451. The fourth-order valence-electron chi connectivity index (χ4n) is 2.34. The Kier molecular flexibility index (Phi) is 3.39. The Morgan fingerprint density at radius 2 is 1.75 bits per heavy atom. The van der Waals surface area contributed by atoms with Gasteiger partial charge in [-0.25, -0.2) is 4.98 Å². The molecule has 0 bridgehead atoms. The summed E-state index contributed by atoms with van der Waals surface area (Å²) in [7, 11) is 1.56. The minimum atomic E-state index is -0.851. The Morgan fingerprint density at radius 3 is 2.38 bits per heavy atom. The summed E-state index contributed by atoms with van der Waals surface area (Å²) in [5, 5.41) is 10.7. The van der Waals surface area contributed by atoms with Crippen LogP contribution < -0.4 is 4.74 Å². The van der Waals surface area contributed by atoms with Gasteiger partial charge >= 0.3 is 0 Å². The van der Waals surface area contributed by atoms with Crippen LogP contribution in [0.5, 0.6) is 5.88 Å². The zero-order valence-corrected chi connectivity index (χ0v) is 9.65. The van der Waals surface area contributed by atoms with Gasteiger partial charge in [0, 0.05) is 12.4 Å². The molecule has 0 unspecified atom stereocenters. The normalized spacial score (nSPS) is 20.1. The highest BCUT2D eigenvalue weighted by Crippen LogP contribution is 2.37. The molecule has 2 rings (SSSR count). The van der Waals surface area contributed by atoms with E-state index in [0.717, 1.165) is 25.7 Å². The van der Waals surface area contributed by atoms with Gasteiger partial charge in [-0.05, 0) is 12.8 Å². The van der Waals surface area contributed by atoms with Gasteiger partial charge < -0.3 is 9.84 Å². The number of hydrogen-bond donors (Lipinski definition) is 1. The lowest BCUT2D eigenvalue weighted by Crippen LogP contribution is -2.27. The Hall–Kier alpha value is -1.16. The second kappa shape index (κ2) is 4.78. The van der Waals surface area contributed by atoms with Crippen LogP contribution in [0.1, 0.15) is 44.2 Å². The molecule has 0 radical (unpaired) electrons. The van der Waals surface area contributed by atoms with Gasteiger partial charge in [-0.2, -0.15) is 0 Å². The molecule has 1 N–H and O–H groups in total. The van der Waals surface area contributed by atoms with Gasteiger partial charge in [0.1, 0.15) is 11.3 Å². The summed E-state index contributed by atoms with van der Waals surface area (Å²) in [4.78, 5) is 8.35. The van der Waals surface area contributed by atoms with Crippen LogP contribution in [-0.2, 0) is 5.60 Å². The number of aromatic nitrogens is 2. The van der Waals surface area contributed by atoms with E-state index in [-0.39, 0.29) is 0 Å². The minimum Gasteiger partial charge on any atom is -0.480 e. The van der Waals surface area contributed by atoms with E-state index < -0.39 is 5.60 Å². The second-order valence-electron chi connectivity index (χ2n) is 4.36. The van der Waals surface area contributed by atoms with Crippen molar-refractivity contribution in [1.82, 2.24) is 9.97 Å². The molecule has 1 aliphatic carbocycles. The predicted molar refractivity (Wildman–Crippen MR) is 60.2 cm³/mol. The smallest absolute Gasteiger partial charge is 0.238 e. The van der Waals surface area contributed by atoms with Crippen molar-refractivity contribution in [1.29, 1.82) is 0 Å². The number of ether oxygens (including phenoxy) is 1. The summed E-state index contributed by atoms with van der Waals surface area (Å²) in [5.74, 6) is 0.451. The first-order valence-corrected chi connectivity index (χ1v) is 5.84. The van der Waals surface area contributed by atoms with Crippen molar-refractivity contribution < 1.29 is 9.84 Å². The van der Waals surface area contributed by atoms with Crippen LogP contribution in [0.2, 0.25) is 0 Å². The number of methoxy groups -OCH3 is 1. The fourth-order valence-corrected chi connectivity index (χ4v) is 2.34. The molecule has 1 heterocycles. The third-order valence-corrected chi connectivity index (χ3v) is 3.23. The number of aliphatic hydroxyl groups is 1. The SMILES string of the molecule is COc1nccnc1C1(O)CCCCCC1. The summed E-state index contributed by atoms with van der Waals surface area (Å²) in [6, 6.07) is 0. The van der Waals surface area contributed by atoms with Gasteiger partial charge in [-0.3, -0.25) is 4.98 Å². The van der Waals surface area contributed by atoms with Crippen molar-refractivity contribution >= 4 is 0 Å². The molecule has 4 heteroatoms. The summed E-state index contributed by atoms with van der Waals surface area (Å²) < 4.78 is 5.17. The van der Waals surface area contributed by atoms with Crippen molar-refractivity contribution in [3.05, 3.63) is 18.1 Å². The van der Waals surface area contributed by atoms with Crippen LogP contribution in [0.4, 0.5) is 0 Å². The summed E-state index contributed by atoms with van der Waals surface area (Å²) in [6.07, 6.45) is 9.15. The van der Waals surface area contributed by atoms with E-state index in [0.29, 0.717) is 11.6 Å². The van der Waals surface area contributed by atoms with E-state index in [9.17, 15) is 5.11 Å². The summed E-state index contributed by atoms with van der Waals surface area (Å²) in [6.45, 7) is 0. The first-order valence-electron chi connectivity index (χ1n) is 5.84. The molecule has 0 aromatic carbocycles. The maximum Gasteiger partial charge on any atom is 0.238 e. The van der Waals surface area contributed by atoms with Crippen LogP contribution in [0.25, 0.3) is 0 Å². The molecule has 1 aromatic heterocycles. The largest absolute Gasteiger partial charge is 0.480 e. The van der Waals surface area contributed by atoms with Crippen LogP contribution in [-0.4, -0.2) is 22.2 Å². The van der Waals surface area contributed by atoms with Gasteiger partial charge in [0.05, 0.1) is 7.11 Å². The number of hydrogen-bond acceptors (Lipinski definition) is 4. The number of nitrogens with zero attached hydrogens (tertiary/aromatic N) is 2. The standard InChI is InChI=1S/C12H18N2O2/c1-16-11-10(13-8-9-14-11)12(15)6-4-2-3-5-7-12/h8-9,15H,2-7H2,1H3. The van der Waals surface area contributed by atoms with E-state index in [4.69, 9.17) is 4.74 Å². The Morgan fingerprint density at radius 1 is 1.12 bits per heavy atom. The summed E-state index contributed by atoms with van der Waals surface area (Å²) in [5.41, 5.74) is -0.254. The molecule has 0 spiro atoms. The van der Waals surface area contributed by atoms with Crippen molar-refractivity contribution in [3.8, 4) is 5.88 Å². The van der Waals surface area contributed by atoms with Gasteiger partial charge in [0.15, 0.2) is 0 Å². The van der Waals surface area contributed by atoms with Crippen molar-refractivity contribution in [2.75, 3.05) is 7.11 Å². The van der Waals surface area contributed by atoms with Gasteiger partial charge in [-0.15, -0.1) is 0 Å². The van der Waals surface area contributed by atoms with Gasteiger partial charge in [-0.1, -0.05) is 25.7 Å². The Bertz CT molecular complexity index is 347. The molecule has 1 aromatic rings. The van der Waals surface area contributed by atoms with Gasteiger partial charge in [0.2, 0.25) is 5.88 Å². The van der Waals surface area contributed by atoms with Crippen LogP contribution >= 0.6 is 0 Å². The fraction of sp³-hybridized carbons (Fsp3) is 0.667. The van der Waals surface area contributed by atoms with Gasteiger partial charge in [0.25, 0.3) is 0 Å².